The number of hydrogen-bond acceptors (Lipinski definition) is 4. The van der Waals surface area contributed by atoms with Crippen LogP contribution in [0.2, 0.25) is 5.15 Å². The molecule has 1 aromatic heterocycles. The smallest absolute Gasteiger partial charge is 0.240 e. The second-order valence-electron chi connectivity index (χ2n) is 4.99. The number of nitrogens with zero attached hydrogens (tertiary/aromatic N) is 2. The van der Waals surface area contributed by atoms with Crippen LogP contribution in [0.1, 0.15) is 19.8 Å². The molecular weight excluding hydrogens is 286 g/mol. The molecule has 5 nitrogen and oxygen atoms in total. The van der Waals surface area contributed by atoms with E-state index in [2.05, 4.69) is 28.6 Å². The maximum Gasteiger partial charge on any atom is 0.240 e. The number of sulfonamides is 1. The van der Waals surface area contributed by atoms with E-state index in [0.717, 1.165) is 19.4 Å². The molecule has 1 aromatic rings. The summed E-state index contributed by atoms with van der Waals surface area (Å²) in [6, 6.07) is 3.17. The Labute approximate surface area is 119 Å². The Bertz CT molecular complexity index is 550. The molecule has 19 heavy (non-hydrogen) atoms. The molecule has 0 aromatic carbocycles. The van der Waals surface area contributed by atoms with Crippen molar-refractivity contribution < 1.29 is 8.42 Å². The van der Waals surface area contributed by atoms with Crippen LogP contribution >= 0.6 is 11.6 Å². The maximum absolute atomic E-state index is 12.2. The third-order valence-corrected chi connectivity index (χ3v) is 5.26. The largest absolute Gasteiger partial charge is 0.304 e. The first-order chi connectivity index (χ1) is 8.88. The molecule has 0 saturated carbocycles. The monoisotopic (exact) mass is 303 g/mol. The SMILES string of the molecule is CC1CC(NS(=O)(=O)c2ccnc(Cl)c2)CCN1C. The van der Waals surface area contributed by atoms with Crippen LogP contribution in [0.15, 0.2) is 23.2 Å². The Morgan fingerprint density at radius 3 is 2.89 bits per heavy atom. The summed E-state index contributed by atoms with van der Waals surface area (Å²) >= 11 is 5.73. The first kappa shape index (κ1) is 14.7. The van der Waals surface area contributed by atoms with Gasteiger partial charge in [0, 0.05) is 18.3 Å². The summed E-state index contributed by atoms with van der Waals surface area (Å²) < 4.78 is 27.2. The second-order valence-corrected chi connectivity index (χ2v) is 7.09. The first-order valence-electron chi connectivity index (χ1n) is 6.22. The fourth-order valence-corrected chi connectivity index (χ4v) is 3.77. The highest BCUT2D eigenvalue weighted by molar-refractivity contribution is 7.89. The summed E-state index contributed by atoms with van der Waals surface area (Å²) in [6.07, 6.45) is 3.03. The molecular formula is C12H18ClN3O2S. The van der Waals surface area contributed by atoms with Gasteiger partial charge in [-0.1, -0.05) is 11.6 Å². The highest BCUT2D eigenvalue weighted by Gasteiger charge is 2.27. The van der Waals surface area contributed by atoms with Crippen LogP contribution in [0.3, 0.4) is 0 Å². The molecule has 0 amide bonds. The summed E-state index contributed by atoms with van der Waals surface area (Å²) in [4.78, 5) is 6.18. The summed E-state index contributed by atoms with van der Waals surface area (Å²) in [5.41, 5.74) is 0. The van der Waals surface area contributed by atoms with E-state index in [1.165, 1.54) is 18.3 Å². The van der Waals surface area contributed by atoms with Gasteiger partial charge >= 0.3 is 0 Å². The van der Waals surface area contributed by atoms with Crippen molar-refractivity contribution in [3.8, 4) is 0 Å². The number of rotatable bonds is 3. The Balaban J connectivity index is 2.10. The van der Waals surface area contributed by atoms with Crippen molar-refractivity contribution in [2.45, 2.75) is 36.7 Å². The van der Waals surface area contributed by atoms with Crippen LogP contribution in [0, 0.1) is 0 Å². The fourth-order valence-electron chi connectivity index (χ4n) is 2.24. The molecule has 2 atom stereocenters. The highest BCUT2D eigenvalue weighted by atomic mass is 35.5. The van der Waals surface area contributed by atoms with Crippen molar-refractivity contribution in [3.05, 3.63) is 23.5 Å². The lowest BCUT2D eigenvalue weighted by Crippen LogP contribution is -2.47. The minimum Gasteiger partial charge on any atom is -0.304 e. The number of hydrogen-bond donors (Lipinski definition) is 1. The van der Waals surface area contributed by atoms with Crippen LogP contribution < -0.4 is 4.72 Å². The van der Waals surface area contributed by atoms with Crippen LogP contribution in [0.4, 0.5) is 0 Å². The topological polar surface area (TPSA) is 62.3 Å². The third-order valence-electron chi connectivity index (χ3n) is 3.54. The molecule has 1 N–H and O–H groups in total. The number of piperidine rings is 1. The summed E-state index contributed by atoms with van der Waals surface area (Å²) in [7, 11) is -1.46. The molecule has 1 saturated heterocycles. The molecule has 2 rings (SSSR count). The van der Waals surface area contributed by atoms with Gasteiger partial charge in [0.05, 0.1) is 4.90 Å². The third kappa shape index (κ3) is 3.66. The van der Waals surface area contributed by atoms with E-state index in [0.29, 0.717) is 6.04 Å². The van der Waals surface area contributed by atoms with Gasteiger partial charge in [0.2, 0.25) is 10.0 Å². The van der Waals surface area contributed by atoms with Crippen LogP contribution in [0.25, 0.3) is 0 Å². The van der Waals surface area contributed by atoms with E-state index in [1.54, 1.807) is 0 Å². The normalized spacial score (nSPS) is 25.4. The average molecular weight is 304 g/mol. The molecule has 2 unspecified atom stereocenters. The number of halogens is 1. The van der Waals surface area contributed by atoms with Crippen molar-refractivity contribution in [2.24, 2.45) is 0 Å². The van der Waals surface area contributed by atoms with Crippen LogP contribution in [-0.2, 0) is 10.0 Å². The predicted octanol–water partition coefficient (Wildman–Crippen LogP) is 1.50. The lowest BCUT2D eigenvalue weighted by Gasteiger charge is -2.35. The van der Waals surface area contributed by atoms with E-state index < -0.39 is 10.0 Å². The van der Waals surface area contributed by atoms with Crippen molar-refractivity contribution >= 4 is 21.6 Å². The minimum absolute atomic E-state index is 0.0249. The highest BCUT2D eigenvalue weighted by Crippen LogP contribution is 2.19. The summed E-state index contributed by atoms with van der Waals surface area (Å²) in [5, 5.41) is 0.180. The molecule has 0 radical (unpaired) electrons. The molecule has 1 aliphatic heterocycles. The average Bonchev–Trinajstić information content (AvgIpc) is 2.33. The lowest BCUT2D eigenvalue weighted by molar-refractivity contribution is 0.178. The molecule has 106 valence electrons. The van der Waals surface area contributed by atoms with Gasteiger partial charge in [-0.3, -0.25) is 0 Å². The van der Waals surface area contributed by atoms with E-state index >= 15 is 0 Å². The molecule has 0 aliphatic carbocycles. The van der Waals surface area contributed by atoms with Crippen molar-refractivity contribution in [2.75, 3.05) is 13.6 Å². The van der Waals surface area contributed by atoms with Gasteiger partial charge in [-0.25, -0.2) is 18.1 Å². The standard InChI is InChI=1S/C12H18ClN3O2S/c1-9-7-10(4-6-16(9)2)15-19(17,18)11-3-5-14-12(13)8-11/h3,5,8-10,15H,4,6-7H2,1-2H3. The van der Waals surface area contributed by atoms with Gasteiger partial charge in [0.1, 0.15) is 5.15 Å². The zero-order valence-electron chi connectivity index (χ0n) is 11.0. The van der Waals surface area contributed by atoms with Crippen molar-refractivity contribution in [3.63, 3.8) is 0 Å². The molecule has 0 bridgehead atoms. The zero-order valence-corrected chi connectivity index (χ0v) is 12.6. The molecule has 1 aliphatic rings. The maximum atomic E-state index is 12.2. The van der Waals surface area contributed by atoms with Gasteiger partial charge in [-0.15, -0.1) is 0 Å². The Morgan fingerprint density at radius 2 is 2.26 bits per heavy atom. The summed E-state index contributed by atoms with van der Waals surface area (Å²) in [6.45, 7) is 3.00. The Kier molecular flexibility index (Phi) is 4.45. The van der Waals surface area contributed by atoms with E-state index in [9.17, 15) is 8.42 Å². The molecule has 1 fully saturated rings. The van der Waals surface area contributed by atoms with E-state index in [-0.39, 0.29) is 16.1 Å². The second kappa shape index (κ2) is 5.75. The van der Waals surface area contributed by atoms with Crippen LogP contribution in [0.5, 0.6) is 0 Å². The lowest BCUT2D eigenvalue weighted by atomic mass is 10.0. The Hall–Kier alpha value is -0.690. The van der Waals surface area contributed by atoms with Gasteiger partial charge in [0.15, 0.2) is 0 Å². The Morgan fingerprint density at radius 1 is 1.53 bits per heavy atom. The van der Waals surface area contributed by atoms with Crippen LogP contribution in [-0.4, -0.2) is 44.0 Å². The van der Waals surface area contributed by atoms with E-state index in [1.807, 2.05) is 0 Å². The fraction of sp³-hybridized carbons (Fsp3) is 0.583. The van der Waals surface area contributed by atoms with Gasteiger partial charge in [-0.2, -0.15) is 0 Å². The number of nitrogens with one attached hydrogen (secondary N) is 1. The zero-order chi connectivity index (χ0) is 14.0. The first-order valence-corrected chi connectivity index (χ1v) is 8.09. The van der Waals surface area contributed by atoms with Crippen molar-refractivity contribution in [1.29, 1.82) is 0 Å². The minimum atomic E-state index is -3.52. The van der Waals surface area contributed by atoms with E-state index in [4.69, 9.17) is 11.6 Å². The number of aromatic nitrogens is 1. The number of likely N-dealkylation sites (tertiary alicyclic amines) is 1. The quantitative estimate of drug-likeness (QED) is 0.860. The van der Waals surface area contributed by atoms with Gasteiger partial charge in [-0.05, 0) is 45.5 Å². The van der Waals surface area contributed by atoms with Gasteiger partial charge < -0.3 is 4.90 Å². The molecule has 0 spiro atoms. The summed E-state index contributed by atoms with van der Waals surface area (Å²) in [5.74, 6) is 0. The molecule has 2 heterocycles. The van der Waals surface area contributed by atoms with Gasteiger partial charge in [0.25, 0.3) is 0 Å². The van der Waals surface area contributed by atoms with Crippen molar-refractivity contribution in [1.82, 2.24) is 14.6 Å². The number of pyridine rings is 1. The predicted molar refractivity (Wildman–Crippen MR) is 74.7 cm³/mol. The molecule has 7 heteroatoms.